The van der Waals surface area contributed by atoms with Crippen molar-refractivity contribution >= 4 is 24.3 Å². The van der Waals surface area contributed by atoms with Crippen LogP contribution in [0.25, 0.3) is 0 Å². The summed E-state index contributed by atoms with van der Waals surface area (Å²) >= 11 is 0. The van der Waals surface area contributed by atoms with E-state index in [-0.39, 0.29) is 12.4 Å². The molecule has 1 saturated heterocycles. The van der Waals surface area contributed by atoms with Crippen LogP contribution in [0.2, 0.25) is 0 Å². The molecule has 6 heteroatoms. The summed E-state index contributed by atoms with van der Waals surface area (Å²) in [6, 6.07) is 11.9. The lowest BCUT2D eigenvalue weighted by Gasteiger charge is -2.35. The fraction of sp³-hybridized carbons (Fsp3) is 0.312. The molecule has 0 atom stereocenters. The van der Waals surface area contributed by atoms with Crippen molar-refractivity contribution in [1.29, 1.82) is 0 Å². The van der Waals surface area contributed by atoms with Crippen LogP contribution in [-0.4, -0.2) is 44.5 Å². The molecule has 0 radical (unpaired) electrons. The van der Waals surface area contributed by atoms with E-state index in [1.165, 1.54) is 0 Å². The van der Waals surface area contributed by atoms with E-state index in [0.29, 0.717) is 0 Å². The van der Waals surface area contributed by atoms with E-state index in [1.54, 1.807) is 19.6 Å². The molecule has 1 aromatic carbocycles. The molecular weight excluding hydrogens is 302 g/mol. The largest absolute Gasteiger partial charge is 0.495 e. The summed E-state index contributed by atoms with van der Waals surface area (Å²) in [5.41, 5.74) is 1.15. The van der Waals surface area contributed by atoms with Gasteiger partial charge >= 0.3 is 0 Å². The number of furan rings is 1. The Morgan fingerprint density at radius 3 is 2.55 bits per heavy atom. The van der Waals surface area contributed by atoms with Gasteiger partial charge in [0.25, 0.3) is 0 Å². The van der Waals surface area contributed by atoms with Crippen LogP contribution in [0.5, 0.6) is 5.75 Å². The molecule has 0 unspecified atom stereocenters. The first-order valence-electron chi connectivity index (χ1n) is 7.07. The van der Waals surface area contributed by atoms with Gasteiger partial charge in [-0.15, -0.1) is 12.4 Å². The summed E-state index contributed by atoms with van der Waals surface area (Å²) < 4.78 is 10.7. The highest BCUT2D eigenvalue weighted by atomic mass is 35.5. The van der Waals surface area contributed by atoms with Crippen molar-refractivity contribution in [3.8, 4) is 5.75 Å². The van der Waals surface area contributed by atoms with Crippen LogP contribution in [0.4, 0.5) is 5.69 Å². The zero-order valence-corrected chi connectivity index (χ0v) is 13.3. The zero-order chi connectivity index (χ0) is 14.5. The topological polar surface area (TPSA) is 41.2 Å². The van der Waals surface area contributed by atoms with Gasteiger partial charge < -0.3 is 14.1 Å². The maximum Gasteiger partial charge on any atom is 0.146 e. The van der Waals surface area contributed by atoms with E-state index in [2.05, 4.69) is 21.1 Å². The molecule has 1 aliphatic heterocycles. The Morgan fingerprint density at radius 1 is 1.09 bits per heavy atom. The summed E-state index contributed by atoms with van der Waals surface area (Å²) in [5.74, 6) is 1.70. The number of halogens is 1. The third-order valence-electron chi connectivity index (χ3n) is 3.57. The van der Waals surface area contributed by atoms with Crippen molar-refractivity contribution in [3.63, 3.8) is 0 Å². The molecular formula is C16H20ClN3O2. The summed E-state index contributed by atoms with van der Waals surface area (Å²) in [6.45, 7) is 3.62. The predicted octanol–water partition coefficient (Wildman–Crippen LogP) is 2.87. The van der Waals surface area contributed by atoms with Gasteiger partial charge in [0.1, 0.15) is 11.5 Å². The van der Waals surface area contributed by atoms with Crippen molar-refractivity contribution in [2.75, 3.05) is 38.2 Å². The lowest BCUT2D eigenvalue weighted by molar-refractivity contribution is 0.270. The van der Waals surface area contributed by atoms with Gasteiger partial charge in [0, 0.05) is 13.1 Å². The number of benzene rings is 1. The summed E-state index contributed by atoms with van der Waals surface area (Å²) in [5, 5.41) is 6.52. The molecule has 5 nitrogen and oxygen atoms in total. The SMILES string of the molecule is COc1ccccc1N1CCN(N=Cc2ccco2)CC1.Cl. The molecule has 3 rings (SSSR count). The zero-order valence-electron chi connectivity index (χ0n) is 12.5. The smallest absolute Gasteiger partial charge is 0.146 e. The lowest BCUT2D eigenvalue weighted by atomic mass is 10.2. The molecule has 1 fully saturated rings. The van der Waals surface area contributed by atoms with E-state index in [0.717, 1.165) is 43.4 Å². The molecule has 2 heterocycles. The molecule has 0 bridgehead atoms. The standard InChI is InChI=1S/C16H19N3O2.ClH/c1-20-16-7-3-2-6-15(16)18-8-10-19(11-9-18)17-13-14-5-4-12-21-14;/h2-7,12-13H,8-11H2,1H3;1H. The first-order chi connectivity index (χ1) is 10.4. The highest BCUT2D eigenvalue weighted by Gasteiger charge is 2.18. The van der Waals surface area contributed by atoms with Gasteiger partial charge in [0.05, 0.1) is 38.4 Å². The van der Waals surface area contributed by atoms with E-state index in [1.807, 2.05) is 30.3 Å². The maximum atomic E-state index is 5.42. The van der Waals surface area contributed by atoms with Crippen molar-refractivity contribution in [2.24, 2.45) is 5.10 Å². The van der Waals surface area contributed by atoms with Crippen LogP contribution in [-0.2, 0) is 0 Å². The molecule has 0 N–H and O–H groups in total. The van der Waals surface area contributed by atoms with Crippen LogP contribution in [0.15, 0.2) is 52.2 Å². The van der Waals surface area contributed by atoms with Crippen LogP contribution in [0.3, 0.4) is 0 Å². The first kappa shape index (κ1) is 16.2. The molecule has 1 aromatic heterocycles. The number of para-hydroxylation sites is 2. The minimum Gasteiger partial charge on any atom is -0.495 e. The number of anilines is 1. The summed E-state index contributed by atoms with van der Waals surface area (Å²) in [4.78, 5) is 2.33. The first-order valence-corrected chi connectivity index (χ1v) is 7.07. The average molecular weight is 322 g/mol. The Balaban J connectivity index is 0.00000176. The summed E-state index contributed by atoms with van der Waals surface area (Å²) in [6.07, 6.45) is 3.42. The van der Waals surface area contributed by atoms with Gasteiger partial charge in [-0.05, 0) is 24.3 Å². The molecule has 2 aromatic rings. The second-order valence-electron chi connectivity index (χ2n) is 4.87. The van der Waals surface area contributed by atoms with E-state index in [4.69, 9.17) is 9.15 Å². The molecule has 0 aliphatic carbocycles. The highest BCUT2D eigenvalue weighted by molar-refractivity contribution is 5.85. The number of methoxy groups -OCH3 is 1. The van der Waals surface area contributed by atoms with Gasteiger partial charge in [0.15, 0.2) is 0 Å². The number of rotatable bonds is 4. The minimum atomic E-state index is 0. The number of piperazine rings is 1. The minimum absolute atomic E-state index is 0. The number of hydrogen-bond acceptors (Lipinski definition) is 5. The predicted molar refractivity (Wildman–Crippen MR) is 90.3 cm³/mol. The Labute approximate surface area is 136 Å². The number of hydrogen-bond donors (Lipinski definition) is 0. The van der Waals surface area contributed by atoms with Gasteiger partial charge in [-0.2, -0.15) is 5.10 Å². The Bertz CT molecular complexity index is 593. The number of hydrazone groups is 1. The van der Waals surface area contributed by atoms with Crippen molar-refractivity contribution < 1.29 is 9.15 Å². The number of nitrogens with zero attached hydrogens (tertiary/aromatic N) is 3. The van der Waals surface area contributed by atoms with Gasteiger partial charge in [-0.25, -0.2) is 0 Å². The Kier molecular flexibility index (Phi) is 5.72. The average Bonchev–Trinajstić information content (AvgIpc) is 3.07. The lowest BCUT2D eigenvalue weighted by Crippen LogP contribution is -2.44. The van der Waals surface area contributed by atoms with Crippen LogP contribution in [0, 0.1) is 0 Å². The van der Waals surface area contributed by atoms with Crippen LogP contribution in [0.1, 0.15) is 5.76 Å². The third-order valence-corrected chi connectivity index (χ3v) is 3.57. The quantitative estimate of drug-likeness (QED) is 0.812. The van der Waals surface area contributed by atoms with Gasteiger partial charge in [-0.1, -0.05) is 12.1 Å². The highest BCUT2D eigenvalue weighted by Crippen LogP contribution is 2.28. The third kappa shape index (κ3) is 3.74. The van der Waals surface area contributed by atoms with Gasteiger partial charge in [0.2, 0.25) is 0 Å². The molecule has 22 heavy (non-hydrogen) atoms. The van der Waals surface area contributed by atoms with E-state index < -0.39 is 0 Å². The van der Waals surface area contributed by atoms with Crippen molar-refractivity contribution in [2.45, 2.75) is 0 Å². The fourth-order valence-electron chi connectivity index (χ4n) is 2.45. The second kappa shape index (κ2) is 7.75. The normalized spacial score (nSPS) is 15.0. The maximum absolute atomic E-state index is 5.42. The van der Waals surface area contributed by atoms with Gasteiger partial charge in [-0.3, -0.25) is 5.01 Å². The second-order valence-corrected chi connectivity index (χ2v) is 4.87. The van der Waals surface area contributed by atoms with Crippen molar-refractivity contribution in [1.82, 2.24) is 5.01 Å². The van der Waals surface area contributed by atoms with Crippen LogP contribution >= 0.6 is 12.4 Å². The molecule has 1 aliphatic rings. The van der Waals surface area contributed by atoms with Crippen molar-refractivity contribution in [3.05, 3.63) is 48.4 Å². The molecule has 118 valence electrons. The molecule has 0 spiro atoms. The Hall–Kier alpha value is -2.14. The van der Waals surface area contributed by atoms with Crippen LogP contribution < -0.4 is 9.64 Å². The molecule has 0 saturated carbocycles. The molecule has 0 amide bonds. The number of ether oxygens (including phenoxy) is 1. The fourth-order valence-corrected chi connectivity index (χ4v) is 2.45. The monoisotopic (exact) mass is 321 g/mol. The Morgan fingerprint density at radius 2 is 1.86 bits per heavy atom. The van der Waals surface area contributed by atoms with E-state index >= 15 is 0 Å². The van der Waals surface area contributed by atoms with E-state index in [9.17, 15) is 0 Å². The summed E-state index contributed by atoms with van der Waals surface area (Å²) in [7, 11) is 1.71.